The summed E-state index contributed by atoms with van der Waals surface area (Å²) in [5.74, 6) is 0. The molecule has 20 heavy (non-hydrogen) atoms. The lowest BCUT2D eigenvalue weighted by molar-refractivity contribution is 0.192. The van der Waals surface area contributed by atoms with Crippen molar-refractivity contribution in [1.82, 2.24) is 15.2 Å². The third-order valence-corrected chi connectivity index (χ3v) is 4.15. The van der Waals surface area contributed by atoms with Crippen molar-refractivity contribution >= 4 is 10.9 Å². The molecular formula is C17H23N3. The molecule has 0 amide bonds. The minimum absolute atomic E-state index is 0.719. The van der Waals surface area contributed by atoms with Crippen molar-refractivity contribution in [3.05, 3.63) is 42.1 Å². The number of hydrogen-bond donors (Lipinski definition) is 1. The molecule has 0 saturated carbocycles. The predicted octanol–water partition coefficient (Wildman–Crippen LogP) is 2.81. The van der Waals surface area contributed by atoms with E-state index in [9.17, 15) is 0 Å². The van der Waals surface area contributed by atoms with Gasteiger partial charge in [-0.25, -0.2) is 0 Å². The Labute approximate surface area is 121 Å². The van der Waals surface area contributed by atoms with Crippen LogP contribution < -0.4 is 5.32 Å². The maximum atomic E-state index is 4.38. The average Bonchev–Trinajstić information content (AvgIpc) is 2.49. The Morgan fingerprint density at radius 3 is 2.90 bits per heavy atom. The number of pyridine rings is 1. The van der Waals surface area contributed by atoms with Gasteiger partial charge in [-0.2, -0.15) is 0 Å². The minimum atomic E-state index is 0.719. The molecule has 106 valence electrons. The molecule has 0 spiro atoms. The average molecular weight is 269 g/mol. The highest BCUT2D eigenvalue weighted by Gasteiger charge is 2.18. The number of hydrogen-bond acceptors (Lipinski definition) is 3. The first-order valence-electron chi connectivity index (χ1n) is 7.64. The normalized spacial score (nSPS) is 17.6. The van der Waals surface area contributed by atoms with Crippen LogP contribution in [0.5, 0.6) is 0 Å². The molecule has 3 heteroatoms. The molecule has 3 nitrogen and oxygen atoms in total. The highest BCUT2D eigenvalue weighted by Crippen LogP contribution is 2.17. The molecular weight excluding hydrogens is 246 g/mol. The summed E-state index contributed by atoms with van der Waals surface area (Å²) < 4.78 is 0. The summed E-state index contributed by atoms with van der Waals surface area (Å²) in [4.78, 5) is 6.94. The molecule has 1 aromatic heterocycles. The summed E-state index contributed by atoms with van der Waals surface area (Å²) in [6.07, 6.45) is 4.39. The number of aromatic nitrogens is 1. The maximum absolute atomic E-state index is 4.38. The van der Waals surface area contributed by atoms with Crippen LogP contribution in [-0.4, -0.2) is 35.6 Å². The Morgan fingerprint density at radius 1 is 1.25 bits per heavy atom. The number of rotatable bonds is 4. The fourth-order valence-corrected chi connectivity index (χ4v) is 3.07. The van der Waals surface area contributed by atoms with Crippen molar-refractivity contribution in [3.63, 3.8) is 0 Å². The number of benzene rings is 1. The summed E-state index contributed by atoms with van der Waals surface area (Å²) in [6.45, 7) is 6.73. The molecule has 1 aliphatic rings. The van der Waals surface area contributed by atoms with Gasteiger partial charge in [0.1, 0.15) is 0 Å². The van der Waals surface area contributed by atoms with Gasteiger partial charge in [0.2, 0.25) is 0 Å². The topological polar surface area (TPSA) is 28.2 Å². The van der Waals surface area contributed by atoms with Crippen LogP contribution in [0.1, 0.15) is 25.3 Å². The zero-order valence-corrected chi connectivity index (χ0v) is 12.2. The second-order valence-corrected chi connectivity index (χ2v) is 5.64. The summed E-state index contributed by atoms with van der Waals surface area (Å²) in [7, 11) is 0. The van der Waals surface area contributed by atoms with Crippen LogP contribution in [-0.2, 0) is 6.54 Å². The molecule has 0 radical (unpaired) electrons. The molecule has 1 saturated heterocycles. The Hall–Kier alpha value is -1.45. The van der Waals surface area contributed by atoms with Gasteiger partial charge in [-0.1, -0.05) is 19.1 Å². The predicted molar refractivity (Wildman–Crippen MR) is 83.7 cm³/mol. The summed E-state index contributed by atoms with van der Waals surface area (Å²) in [5.41, 5.74) is 2.48. The SMILES string of the molecule is CCNC1CCN(Cc2ccc3ncccc3c2)CC1. The van der Waals surface area contributed by atoms with Crippen molar-refractivity contribution in [2.75, 3.05) is 19.6 Å². The van der Waals surface area contributed by atoms with Gasteiger partial charge in [-0.05, 0) is 56.2 Å². The third-order valence-electron chi connectivity index (χ3n) is 4.15. The van der Waals surface area contributed by atoms with Crippen LogP contribution in [0.25, 0.3) is 10.9 Å². The molecule has 1 N–H and O–H groups in total. The summed E-state index contributed by atoms with van der Waals surface area (Å²) >= 11 is 0. The van der Waals surface area contributed by atoms with Crippen molar-refractivity contribution < 1.29 is 0 Å². The highest BCUT2D eigenvalue weighted by atomic mass is 15.1. The van der Waals surface area contributed by atoms with Gasteiger partial charge in [0.15, 0.2) is 0 Å². The second kappa shape index (κ2) is 6.33. The van der Waals surface area contributed by atoms with Crippen molar-refractivity contribution in [2.24, 2.45) is 0 Å². The molecule has 2 aromatic rings. The molecule has 3 rings (SSSR count). The van der Waals surface area contributed by atoms with Gasteiger partial charge >= 0.3 is 0 Å². The lowest BCUT2D eigenvalue weighted by atomic mass is 10.0. The van der Waals surface area contributed by atoms with E-state index in [1.54, 1.807) is 0 Å². The van der Waals surface area contributed by atoms with Crippen molar-refractivity contribution in [3.8, 4) is 0 Å². The van der Waals surface area contributed by atoms with Crippen LogP contribution in [0.15, 0.2) is 36.5 Å². The Bertz CT molecular complexity index is 559. The first-order chi connectivity index (χ1) is 9.85. The minimum Gasteiger partial charge on any atom is -0.314 e. The molecule has 1 aromatic carbocycles. The quantitative estimate of drug-likeness (QED) is 0.925. The van der Waals surface area contributed by atoms with Crippen LogP contribution in [0, 0.1) is 0 Å². The Kier molecular flexibility index (Phi) is 4.28. The van der Waals surface area contributed by atoms with Crippen LogP contribution in [0.4, 0.5) is 0 Å². The molecule has 0 atom stereocenters. The van der Waals surface area contributed by atoms with Crippen LogP contribution >= 0.6 is 0 Å². The number of piperidine rings is 1. The van der Waals surface area contributed by atoms with E-state index in [2.05, 4.69) is 46.4 Å². The van der Waals surface area contributed by atoms with Gasteiger partial charge in [-0.3, -0.25) is 9.88 Å². The van der Waals surface area contributed by atoms with Crippen LogP contribution in [0.2, 0.25) is 0 Å². The zero-order valence-electron chi connectivity index (χ0n) is 12.2. The molecule has 0 bridgehead atoms. The number of likely N-dealkylation sites (tertiary alicyclic amines) is 1. The van der Waals surface area contributed by atoms with Gasteiger partial charge < -0.3 is 5.32 Å². The van der Waals surface area contributed by atoms with Crippen molar-refractivity contribution in [1.29, 1.82) is 0 Å². The van der Waals surface area contributed by atoms with E-state index in [0.29, 0.717) is 0 Å². The number of nitrogens with zero attached hydrogens (tertiary/aromatic N) is 2. The fraction of sp³-hybridized carbons (Fsp3) is 0.471. The number of fused-ring (bicyclic) bond motifs is 1. The van der Waals surface area contributed by atoms with E-state index in [4.69, 9.17) is 0 Å². The molecule has 1 aliphatic heterocycles. The van der Waals surface area contributed by atoms with Gasteiger partial charge in [0, 0.05) is 24.2 Å². The lowest BCUT2D eigenvalue weighted by Crippen LogP contribution is -2.42. The largest absolute Gasteiger partial charge is 0.314 e. The fourth-order valence-electron chi connectivity index (χ4n) is 3.07. The standard InChI is InChI=1S/C17H23N3/c1-2-18-16-7-10-20(11-8-16)13-14-5-6-17-15(12-14)4-3-9-19-17/h3-6,9,12,16,18H,2,7-8,10-11,13H2,1H3. The zero-order chi connectivity index (χ0) is 13.8. The molecule has 0 unspecified atom stereocenters. The van der Waals surface area contributed by atoms with Crippen LogP contribution in [0.3, 0.4) is 0 Å². The lowest BCUT2D eigenvalue weighted by Gasteiger charge is -2.32. The van der Waals surface area contributed by atoms with E-state index in [1.165, 1.54) is 36.9 Å². The van der Waals surface area contributed by atoms with E-state index in [1.807, 2.05) is 12.3 Å². The second-order valence-electron chi connectivity index (χ2n) is 5.64. The smallest absolute Gasteiger partial charge is 0.0702 e. The van der Waals surface area contributed by atoms with Gasteiger partial charge in [-0.15, -0.1) is 0 Å². The third kappa shape index (κ3) is 3.17. The monoisotopic (exact) mass is 269 g/mol. The van der Waals surface area contributed by atoms with Gasteiger partial charge in [0.25, 0.3) is 0 Å². The maximum Gasteiger partial charge on any atom is 0.0702 e. The first kappa shape index (κ1) is 13.5. The Morgan fingerprint density at radius 2 is 2.10 bits per heavy atom. The number of nitrogens with one attached hydrogen (secondary N) is 1. The molecule has 2 heterocycles. The highest BCUT2D eigenvalue weighted by molar-refractivity contribution is 5.78. The van der Waals surface area contributed by atoms with E-state index in [0.717, 1.165) is 24.6 Å². The summed E-state index contributed by atoms with van der Waals surface area (Å²) in [5, 5.41) is 4.80. The molecule has 1 fully saturated rings. The van der Waals surface area contributed by atoms with Crippen molar-refractivity contribution in [2.45, 2.75) is 32.4 Å². The van der Waals surface area contributed by atoms with E-state index < -0.39 is 0 Å². The Balaban J connectivity index is 1.62. The van der Waals surface area contributed by atoms with E-state index >= 15 is 0 Å². The van der Waals surface area contributed by atoms with Gasteiger partial charge in [0.05, 0.1) is 5.52 Å². The summed E-state index contributed by atoms with van der Waals surface area (Å²) in [6, 6.07) is 11.5. The molecule has 0 aliphatic carbocycles. The first-order valence-corrected chi connectivity index (χ1v) is 7.64. The van der Waals surface area contributed by atoms with E-state index in [-0.39, 0.29) is 0 Å².